The maximum atomic E-state index is 12.8. The SMILES string of the molecule is COc1ccc([C@@H]2CC(=O)c3c(O)cc(OC)c(CC=C(C)C)c3O2)cc1. The van der Waals surface area contributed by atoms with Crippen molar-refractivity contribution in [3.8, 4) is 23.0 Å². The molecule has 0 bridgehead atoms. The smallest absolute Gasteiger partial charge is 0.174 e. The van der Waals surface area contributed by atoms with Crippen LogP contribution in [0.4, 0.5) is 0 Å². The Balaban J connectivity index is 2.06. The Bertz CT molecular complexity index is 877. The van der Waals surface area contributed by atoms with Crippen LogP contribution in [-0.4, -0.2) is 25.1 Å². The third kappa shape index (κ3) is 3.77. The van der Waals surface area contributed by atoms with Crippen molar-refractivity contribution in [1.29, 1.82) is 0 Å². The summed E-state index contributed by atoms with van der Waals surface area (Å²) >= 11 is 0. The first-order valence-electron chi connectivity index (χ1n) is 8.84. The molecule has 0 amide bonds. The van der Waals surface area contributed by atoms with Gasteiger partial charge >= 0.3 is 0 Å². The quantitative estimate of drug-likeness (QED) is 0.780. The van der Waals surface area contributed by atoms with Gasteiger partial charge in [-0.3, -0.25) is 4.79 Å². The molecule has 0 radical (unpaired) electrons. The Morgan fingerprint density at radius 3 is 2.52 bits per heavy atom. The molecule has 0 aromatic heterocycles. The van der Waals surface area contributed by atoms with Crippen molar-refractivity contribution >= 4 is 5.78 Å². The van der Waals surface area contributed by atoms with Crippen LogP contribution in [-0.2, 0) is 6.42 Å². The van der Waals surface area contributed by atoms with Crippen LogP contribution in [0.25, 0.3) is 0 Å². The Hall–Kier alpha value is -2.95. The van der Waals surface area contributed by atoms with Gasteiger partial charge in [0.2, 0.25) is 0 Å². The maximum absolute atomic E-state index is 12.8. The largest absolute Gasteiger partial charge is 0.507 e. The summed E-state index contributed by atoms with van der Waals surface area (Å²) in [6, 6.07) is 8.94. The van der Waals surface area contributed by atoms with Crippen LogP contribution in [0.1, 0.15) is 47.9 Å². The zero-order valence-electron chi connectivity index (χ0n) is 16.0. The first kappa shape index (κ1) is 18.8. The van der Waals surface area contributed by atoms with Crippen LogP contribution >= 0.6 is 0 Å². The highest BCUT2D eigenvalue weighted by molar-refractivity contribution is 6.03. The Morgan fingerprint density at radius 2 is 1.93 bits per heavy atom. The topological polar surface area (TPSA) is 65.0 Å². The number of phenols is 1. The zero-order valence-corrected chi connectivity index (χ0v) is 16.0. The van der Waals surface area contributed by atoms with Gasteiger partial charge in [0.1, 0.15) is 34.7 Å². The highest BCUT2D eigenvalue weighted by Crippen LogP contribution is 2.46. The van der Waals surface area contributed by atoms with Crippen molar-refractivity contribution in [3.05, 3.63) is 58.7 Å². The van der Waals surface area contributed by atoms with Gasteiger partial charge in [-0.15, -0.1) is 0 Å². The lowest BCUT2D eigenvalue weighted by Gasteiger charge is -2.28. The van der Waals surface area contributed by atoms with Crippen molar-refractivity contribution in [3.63, 3.8) is 0 Å². The standard InChI is InChI=1S/C22H24O5/c1-13(2)5-10-16-20(26-4)12-18(24)21-17(23)11-19(27-22(16)21)14-6-8-15(25-3)9-7-14/h5-9,12,19,24H,10-11H2,1-4H3/t19-/m0/s1. The highest BCUT2D eigenvalue weighted by atomic mass is 16.5. The van der Waals surface area contributed by atoms with E-state index in [1.54, 1.807) is 14.2 Å². The van der Waals surface area contributed by atoms with E-state index in [0.29, 0.717) is 17.9 Å². The first-order chi connectivity index (χ1) is 12.9. The fourth-order valence-corrected chi connectivity index (χ4v) is 3.20. The number of carbonyl (C=O) groups is 1. The second kappa shape index (κ2) is 7.74. The van der Waals surface area contributed by atoms with E-state index in [4.69, 9.17) is 14.2 Å². The predicted octanol–water partition coefficient (Wildman–Crippen LogP) is 4.62. The molecule has 142 valence electrons. The zero-order chi connectivity index (χ0) is 19.6. The molecule has 0 fully saturated rings. The van der Waals surface area contributed by atoms with Crippen LogP contribution in [0.15, 0.2) is 42.0 Å². The fourth-order valence-electron chi connectivity index (χ4n) is 3.20. The number of ether oxygens (including phenoxy) is 3. The fraction of sp³-hybridized carbons (Fsp3) is 0.318. The molecule has 1 atom stereocenters. The Morgan fingerprint density at radius 1 is 1.22 bits per heavy atom. The molecule has 1 aliphatic rings. The number of carbonyl (C=O) groups excluding carboxylic acids is 1. The van der Waals surface area contributed by atoms with Crippen molar-refractivity contribution in [2.45, 2.75) is 32.8 Å². The third-order valence-electron chi connectivity index (χ3n) is 4.65. The van der Waals surface area contributed by atoms with E-state index >= 15 is 0 Å². The number of benzene rings is 2. The van der Waals surface area contributed by atoms with Crippen molar-refractivity contribution < 1.29 is 24.1 Å². The average Bonchev–Trinajstić information content (AvgIpc) is 2.66. The first-order valence-corrected chi connectivity index (χ1v) is 8.84. The number of ketones is 1. The molecule has 1 N–H and O–H groups in total. The van der Waals surface area contributed by atoms with E-state index in [0.717, 1.165) is 22.4 Å². The Kier molecular flexibility index (Phi) is 5.40. The van der Waals surface area contributed by atoms with Gasteiger partial charge in [0.15, 0.2) is 5.78 Å². The van der Waals surface area contributed by atoms with E-state index in [1.807, 2.05) is 44.2 Å². The molecule has 0 aliphatic carbocycles. The van der Waals surface area contributed by atoms with Crippen molar-refractivity contribution in [1.82, 2.24) is 0 Å². The molecule has 5 heteroatoms. The van der Waals surface area contributed by atoms with Gasteiger partial charge in [-0.1, -0.05) is 23.8 Å². The monoisotopic (exact) mass is 368 g/mol. The number of fused-ring (bicyclic) bond motifs is 1. The van der Waals surface area contributed by atoms with Gasteiger partial charge in [-0.05, 0) is 38.0 Å². The number of hydrogen-bond donors (Lipinski definition) is 1. The minimum absolute atomic E-state index is 0.110. The number of Topliss-reactive ketones (excluding diaryl/α,β-unsaturated/α-hetero) is 1. The molecule has 0 saturated heterocycles. The molecule has 3 rings (SSSR count). The molecule has 2 aromatic carbocycles. The summed E-state index contributed by atoms with van der Waals surface area (Å²) in [5.74, 6) is 1.40. The lowest BCUT2D eigenvalue weighted by molar-refractivity contribution is 0.0842. The summed E-state index contributed by atoms with van der Waals surface area (Å²) in [5.41, 5.74) is 3.02. The Labute approximate surface area is 159 Å². The molecule has 0 spiro atoms. The number of hydrogen-bond acceptors (Lipinski definition) is 5. The molecule has 0 saturated carbocycles. The molecular weight excluding hydrogens is 344 g/mol. The lowest BCUT2D eigenvalue weighted by atomic mass is 9.92. The second-order valence-electron chi connectivity index (χ2n) is 6.77. The third-order valence-corrected chi connectivity index (χ3v) is 4.65. The minimum Gasteiger partial charge on any atom is -0.507 e. The number of aromatic hydroxyl groups is 1. The summed E-state index contributed by atoms with van der Waals surface area (Å²) in [7, 11) is 3.15. The molecule has 1 heterocycles. The molecule has 1 aliphatic heterocycles. The number of phenolic OH excluding ortho intramolecular Hbond substituents is 1. The summed E-state index contributed by atoms with van der Waals surface area (Å²) in [5, 5.41) is 10.4. The predicted molar refractivity (Wildman–Crippen MR) is 103 cm³/mol. The molecular formula is C22H24O5. The minimum atomic E-state index is -0.423. The maximum Gasteiger partial charge on any atom is 0.174 e. The number of methoxy groups -OCH3 is 2. The van der Waals surface area contributed by atoms with E-state index in [1.165, 1.54) is 6.07 Å². The van der Waals surface area contributed by atoms with E-state index in [9.17, 15) is 9.90 Å². The molecule has 27 heavy (non-hydrogen) atoms. The van der Waals surface area contributed by atoms with Gasteiger partial charge in [0.05, 0.1) is 20.6 Å². The van der Waals surface area contributed by atoms with E-state index < -0.39 is 6.10 Å². The van der Waals surface area contributed by atoms with Crippen LogP contribution < -0.4 is 14.2 Å². The van der Waals surface area contributed by atoms with Crippen LogP contribution in [0.3, 0.4) is 0 Å². The van der Waals surface area contributed by atoms with Gasteiger partial charge in [-0.2, -0.15) is 0 Å². The van der Waals surface area contributed by atoms with Crippen LogP contribution in [0.5, 0.6) is 23.0 Å². The van der Waals surface area contributed by atoms with Gasteiger partial charge < -0.3 is 19.3 Å². The second-order valence-corrected chi connectivity index (χ2v) is 6.77. The summed E-state index contributed by atoms with van der Waals surface area (Å²) < 4.78 is 16.8. The van der Waals surface area contributed by atoms with E-state index in [2.05, 4.69) is 0 Å². The number of rotatable bonds is 5. The molecule has 5 nitrogen and oxygen atoms in total. The average molecular weight is 368 g/mol. The highest BCUT2D eigenvalue weighted by Gasteiger charge is 2.33. The van der Waals surface area contributed by atoms with Gasteiger partial charge in [0, 0.05) is 11.6 Å². The van der Waals surface area contributed by atoms with Crippen LogP contribution in [0.2, 0.25) is 0 Å². The molecule has 2 aromatic rings. The summed E-state index contributed by atoms with van der Waals surface area (Å²) in [6.45, 7) is 4.01. The summed E-state index contributed by atoms with van der Waals surface area (Å²) in [4.78, 5) is 12.8. The lowest BCUT2D eigenvalue weighted by Crippen LogP contribution is -2.22. The van der Waals surface area contributed by atoms with Crippen LogP contribution in [0, 0.1) is 0 Å². The summed E-state index contributed by atoms with van der Waals surface area (Å²) in [6.07, 6.45) is 2.34. The van der Waals surface area contributed by atoms with E-state index in [-0.39, 0.29) is 23.5 Å². The normalized spacial score (nSPS) is 15.6. The van der Waals surface area contributed by atoms with Crippen molar-refractivity contribution in [2.75, 3.05) is 14.2 Å². The molecule has 0 unspecified atom stereocenters. The number of allylic oxidation sites excluding steroid dienone is 2. The van der Waals surface area contributed by atoms with Gasteiger partial charge in [-0.25, -0.2) is 0 Å². The van der Waals surface area contributed by atoms with Gasteiger partial charge in [0.25, 0.3) is 0 Å². The van der Waals surface area contributed by atoms with Crippen molar-refractivity contribution in [2.24, 2.45) is 0 Å².